The van der Waals surface area contributed by atoms with Crippen LogP contribution in [0.1, 0.15) is 61.3 Å². The van der Waals surface area contributed by atoms with Gasteiger partial charge in [0.2, 0.25) is 0 Å². The van der Waals surface area contributed by atoms with Crippen molar-refractivity contribution in [3.8, 4) is 0 Å². The van der Waals surface area contributed by atoms with E-state index >= 15 is 0 Å². The smallest absolute Gasteiger partial charge is 0.112 e. The monoisotopic (exact) mass is 390 g/mol. The van der Waals surface area contributed by atoms with Gasteiger partial charge in [-0.15, -0.1) is 0 Å². The minimum absolute atomic E-state index is 0.00682. The molecule has 0 aromatic heterocycles. The molecule has 0 aromatic carbocycles. The minimum Gasteiger partial charge on any atom is -0.372 e. The zero-order valence-corrected chi connectivity index (χ0v) is 19.3. The Hall–Kier alpha value is -0.420. The summed E-state index contributed by atoms with van der Waals surface area (Å²) in [6.07, 6.45) is 4.92. The number of hydrogen-bond donors (Lipinski definition) is 0. The lowest BCUT2D eigenvalue weighted by Gasteiger charge is -2.54. The molecule has 4 heterocycles. The molecule has 160 valence electrons. The highest BCUT2D eigenvalue weighted by Crippen LogP contribution is 2.45. The Labute approximate surface area is 172 Å². The van der Waals surface area contributed by atoms with Crippen LogP contribution >= 0.6 is 0 Å². The van der Waals surface area contributed by atoms with Crippen molar-refractivity contribution in [3.63, 3.8) is 0 Å². The predicted molar refractivity (Wildman–Crippen MR) is 115 cm³/mol. The molecule has 2 spiro atoms. The zero-order valence-electron chi connectivity index (χ0n) is 19.3. The Morgan fingerprint density at radius 2 is 1.75 bits per heavy atom. The van der Waals surface area contributed by atoms with Crippen LogP contribution in [0.3, 0.4) is 0 Å². The Morgan fingerprint density at radius 1 is 1.07 bits per heavy atom. The molecule has 2 atom stereocenters. The maximum absolute atomic E-state index is 6.33. The average molecular weight is 391 g/mol. The van der Waals surface area contributed by atoms with Crippen molar-refractivity contribution in [1.29, 1.82) is 0 Å². The van der Waals surface area contributed by atoms with Gasteiger partial charge in [0, 0.05) is 37.8 Å². The van der Waals surface area contributed by atoms with E-state index in [0.29, 0.717) is 23.8 Å². The highest BCUT2D eigenvalue weighted by molar-refractivity contribution is 5.25. The van der Waals surface area contributed by atoms with Gasteiger partial charge in [-0.2, -0.15) is 0 Å². The Morgan fingerprint density at radius 3 is 2.32 bits per heavy atom. The van der Waals surface area contributed by atoms with Crippen LogP contribution in [0.5, 0.6) is 0 Å². The maximum atomic E-state index is 6.33. The lowest BCUT2D eigenvalue weighted by molar-refractivity contribution is -0.131. The first-order valence-corrected chi connectivity index (χ1v) is 11.5. The van der Waals surface area contributed by atoms with Gasteiger partial charge in [0.15, 0.2) is 0 Å². The average Bonchev–Trinajstić information content (AvgIpc) is 3.16. The van der Waals surface area contributed by atoms with Gasteiger partial charge < -0.3 is 9.47 Å². The highest BCUT2D eigenvalue weighted by atomic mass is 16.5. The predicted octanol–water partition coefficient (Wildman–Crippen LogP) is 3.96. The number of ether oxygens (including phenoxy) is 2. The SMILES string of the molecule is CC(C)C1=CC2(CN(C(C)(C)CC(C)C3COC4(C3)CN(C(C)C)C4)C2)OC1. The highest BCUT2D eigenvalue weighted by Gasteiger charge is 2.53. The van der Waals surface area contributed by atoms with Crippen LogP contribution in [-0.2, 0) is 9.47 Å². The van der Waals surface area contributed by atoms with Crippen LogP contribution in [0.2, 0.25) is 0 Å². The second kappa shape index (κ2) is 7.08. The zero-order chi connectivity index (χ0) is 20.3. The molecule has 4 rings (SSSR count). The van der Waals surface area contributed by atoms with Gasteiger partial charge in [-0.05, 0) is 69.9 Å². The van der Waals surface area contributed by atoms with Gasteiger partial charge in [0.1, 0.15) is 5.60 Å². The summed E-state index contributed by atoms with van der Waals surface area (Å²) < 4.78 is 12.5. The van der Waals surface area contributed by atoms with E-state index in [4.69, 9.17) is 9.47 Å². The van der Waals surface area contributed by atoms with Gasteiger partial charge in [-0.3, -0.25) is 9.80 Å². The fourth-order valence-corrected chi connectivity index (χ4v) is 5.80. The van der Waals surface area contributed by atoms with E-state index in [0.717, 1.165) is 39.4 Å². The Bertz CT molecular complexity index is 612. The standard InChI is InChI=1S/C24H42N2O2/c1-17(2)20-9-24(27-11-20)15-26(16-24)22(6,7)8-19(5)21-10-23(28-12-21)13-25(14-23)18(3)4/h9,17-19,21H,8,10-16H2,1-7H3. The van der Waals surface area contributed by atoms with Crippen LogP contribution in [0.4, 0.5) is 0 Å². The second-order valence-corrected chi connectivity index (χ2v) is 11.5. The van der Waals surface area contributed by atoms with Crippen LogP contribution in [0, 0.1) is 17.8 Å². The third kappa shape index (κ3) is 3.71. The number of hydrogen-bond acceptors (Lipinski definition) is 4. The molecular weight excluding hydrogens is 348 g/mol. The quantitative estimate of drug-likeness (QED) is 0.641. The van der Waals surface area contributed by atoms with Gasteiger partial charge in [-0.1, -0.05) is 20.8 Å². The van der Waals surface area contributed by atoms with E-state index in [1.165, 1.54) is 18.4 Å². The lowest BCUT2D eigenvalue weighted by Crippen LogP contribution is -2.67. The molecule has 4 nitrogen and oxygen atoms in total. The molecule has 0 amide bonds. The second-order valence-electron chi connectivity index (χ2n) is 11.5. The summed E-state index contributed by atoms with van der Waals surface area (Å²) in [5.74, 6) is 2.01. The summed E-state index contributed by atoms with van der Waals surface area (Å²) in [6, 6.07) is 0.645. The van der Waals surface area contributed by atoms with Crippen molar-refractivity contribution < 1.29 is 9.47 Å². The van der Waals surface area contributed by atoms with Crippen LogP contribution in [0.15, 0.2) is 11.6 Å². The van der Waals surface area contributed by atoms with E-state index < -0.39 is 0 Å². The fourth-order valence-electron chi connectivity index (χ4n) is 5.80. The molecule has 3 fully saturated rings. The Kier molecular flexibility index (Phi) is 5.27. The van der Waals surface area contributed by atoms with Gasteiger partial charge in [0.05, 0.1) is 18.8 Å². The van der Waals surface area contributed by atoms with Crippen molar-refractivity contribution in [2.75, 3.05) is 39.4 Å². The van der Waals surface area contributed by atoms with Crippen LogP contribution in [-0.4, -0.2) is 72.0 Å². The van der Waals surface area contributed by atoms with E-state index in [1.54, 1.807) is 0 Å². The minimum atomic E-state index is 0.00682. The molecular formula is C24H42N2O2. The third-order valence-corrected chi connectivity index (χ3v) is 8.07. The summed E-state index contributed by atoms with van der Waals surface area (Å²) >= 11 is 0. The van der Waals surface area contributed by atoms with E-state index in [2.05, 4.69) is 64.3 Å². The number of rotatable bonds is 6. The van der Waals surface area contributed by atoms with Crippen molar-refractivity contribution in [2.24, 2.45) is 17.8 Å². The molecule has 2 unspecified atom stereocenters. The molecule has 28 heavy (non-hydrogen) atoms. The fraction of sp³-hybridized carbons (Fsp3) is 0.917. The number of likely N-dealkylation sites (tertiary alicyclic amines) is 2. The molecule has 0 aliphatic carbocycles. The molecule has 0 aromatic rings. The van der Waals surface area contributed by atoms with Crippen molar-refractivity contribution in [2.45, 2.75) is 84.1 Å². The molecule has 0 saturated carbocycles. The lowest BCUT2D eigenvalue weighted by atomic mass is 9.76. The van der Waals surface area contributed by atoms with Crippen molar-refractivity contribution in [3.05, 3.63) is 11.6 Å². The molecule has 4 aliphatic rings. The van der Waals surface area contributed by atoms with Crippen LogP contribution < -0.4 is 0 Å². The Balaban J connectivity index is 1.28. The third-order valence-electron chi connectivity index (χ3n) is 8.07. The summed E-state index contributed by atoms with van der Waals surface area (Å²) in [5, 5.41) is 0. The normalized spacial score (nSPS) is 30.9. The summed E-state index contributed by atoms with van der Waals surface area (Å²) in [6.45, 7) is 22.6. The van der Waals surface area contributed by atoms with Crippen LogP contribution in [0.25, 0.3) is 0 Å². The van der Waals surface area contributed by atoms with Crippen molar-refractivity contribution in [1.82, 2.24) is 9.80 Å². The largest absolute Gasteiger partial charge is 0.372 e. The molecule has 3 saturated heterocycles. The topological polar surface area (TPSA) is 24.9 Å². The van der Waals surface area contributed by atoms with E-state index in [1.807, 2.05) is 0 Å². The number of nitrogens with zero attached hydrogens (tertiary/aromatic N) is 2. The first-order valence-electron chi connectivity index (χ1n) is 11.5. The first kappa shape index (κ1) is 20.8. The first-order chi connectivity index (χ1) is 13.0. The molecule has 0 radical (unpaired) electrons. The molecule has 0 N–H and O–H groups in total. The van der Waals surface area contributed by atoms with Gasteiger partial charge >= 0.3 is 0 Å². The molecule has 4 aliphatic heterocycles. The van der Waals surface area contributed by atoms with E-state index in [-0.39, 0.29) is 16.7 Å². The van der Waals surface area contributed by atoms with Gasteiger partial charge in [0.25, 0.3) is 0 Å². The van der Waals surface area contributed by atoms with Gasteiger partial charge in [-0.25, -0.2) is 0 Å². The maximum Gasteiger partial charge on any atom is 0.112 e. The summed E-state index contributed by atoms with van der Waals surface area (Å²) in [4.78, 5) is 5.18. The van der Waals surface area contributed by atoms with Crippen molar-refractivity contribution >= 4 is 0 Å². The molecule has 4 heteroatoms. The summed E-state index contributed by atoms with van der Waals surface area (Å²) in [7, 11) is 0. The molecule has 0 bridgehead atoms. The summed E-state index contributed by atoms with van der Waals surface area (Å²) in [5.41, 5.74) is 1.88. The van der Waals surface area contributed by atoms with E-state index in [9.17, 15) is 0 Å².